The molecule has 0 bridgehead atoms. The van der Waals surface area contributed by atoms with Crippen molar-refractivity contribution in [1.29, 1.82) is 0 Å². The quantitative estimate of drug-likeness (QED) is 0.430. The van der Waals surface area contributed by atoms with Crippen LogP contribution in [0.3, 0.4) is 0 Å². The maximum atomic E-state index is 13.0. The Morgan fingerprint density at radius 2 is 2.00 bits per heavy atom. The lowest BCUT2D eigenvalue weighted by atomic mass is 9.97. The van der Waals surface area contributed by atoms with Gasteiger partial charge in [0.15, 0.2) is 5.82 Å². The van der Waals surface area contributed by atoms with Crippen LogP contribution in [0.5, 0.6) is 0 Å². The van der Waals surface area contributed by atoms with Gasteiger partial charge in [-0.2, -0.15) is 4.98 Å². The highest BCUT2D eigenvalue weighted by Crippen LogP contribution is 2.22. The molecule has 1 amide bonds. The lowest BCUT2D eigenvalue weighted by Gasteiger charge is -2.22. The minimum Gasteiger partial charge on any atom is -0.339 e. The van der Waals surface area contributed by atoms with Gasteiger partial charge in [0.2, 0.25) is 11.8 Å². The predicted molar refractivity (Wildman–Crippen MR) is 114 cm³/mol. The molecule has 2 rings (SSSR count). The first-order valence-electron chi connectivity index (χ1n) is 9.74. The Morgan fingerprint density at radius 3 is 2.62 bits per heavy atom. The number of allylic oxidation sites excluding steroid dienone is 1. The molecule has 0 aromatic carbocycles. The number of aromatic nitrogens is 3. The molecule has 0 atom stereocenters. The average Bonchev–Trinajstić information content (AvgIpc) is 3.12. The maximum absolute atomic E-state index is 13.0. The third kappa shape index (κ3) is 7.68. The molecular weight excluding hydrogens is 439 g/mol. The van der Waals surface area contributed by atoms with Crippen molar-refractivity contribution in [1.82, 2.24) is 15.1 Å². The third-order valence-corrected chi connectivity index (χ3v) is 4.74. The molecule has 0 saturated heterocycles. The first-order chi connectivity index (χ1) is 13.7. The Bertz CT molecular complexity index is 832. The number of carbonyl (C=O) groups excluding carboxylic acids is 1. The zero-order chi connectivity index (χ0) is 21.4. The van der Waals surface area contributed by atoms with E-state index in [4.69, 9.17) is 4.52 Å². The van der Waals surface area contributed by atoms with Crippen molar-refractivity contribution in [2.45, 2.75) is 64.7 Å². The second-order valence-corrected chi connectivity index (χ2v) is 8.92. The molecule has 0 radical (unpaired) electrons. The van der Waals surface area contributed by atoms with Gasteiger partial charge in [0.25, 0.3) is 0 Å². The molecule has 0 N–H and O–H groups in total. The number of carbonyl (C=O) groups is 1. The summed E-state index contributed by atoms with van der Waals surface area (Å²) in [7, 11) is 0. The van der Waals surface area contributed by atoms with Gasteiger partial charge in [0.1, 0.15) is 0 Å². The smallest absolute Gasteiger partial charge is 0.232 e. The molecule has 0 spiro atoms. The lowest BCUT2D eigenvalue weighted by molar-refractivity contribution is -0.118. The van der Waals surface area contributed by atoms with E-state index in [1.807, 2.05) is 26.8 Å². The first-order valence-corrected chi connectivity index (χ1v) is 10.5. The fourth-order valence-electron chi connectivity index (χ4n) is 2.71. The van der Waals surface area contributed by atoms with Crippen LogP contribution in [-0.4, -0.2) is 27.6 Å². The zero-order valence-corrected chi connectivity index (χ0v) is 18.8. The van der Waals surface area contributed by atoms with E-state index in [1.165, 1.54) is 0 Å². The molecule has 0 aliphatic heterocycles. The maximum Gasteiger partial charge on any atom is 0.232 e. The highest BCUT2D eigenvalue weighted by Gasteiger charge is 2.21. The van der Waals surface area contributed by atoms with E-state index >= 15 is 0 Å². The Hall–Kier alpha value is -2.09. The summed E-state index contributed by atoms with van der Waals surface area (Å²) < 4.78 is 19.1. The van der Waals surface area contributed by atoms with Crippen molar-refractivity contribution >= 4 is 27.5 Å². The number of aryl methyl sites for hydroxylation is 1. The normalized spacial score (nSPS) is 11.5. The summed E-state index contributed by atoms with van der Waals surface area (Å²) in [6, 6.07) is 1.84. The van der Waals surface area contributed by atoms with Crippen LogP contribution >= 0.6 is 15.9 Å². The molecule has 2 heterocycles. The predicted octanol–water partition coefficient (Wildman–Crippen LogP) is 5.53. The van der Waals surface area contributed by atoms with Crippen LogP contribution < -0.4 is 4.90 Å². The monoisotopic (exact) mass is 466 g/mol. The van der Waals surface area contributed by atoms with Crippen molar-refractivity contribution in [3.05, 3.63) is 47.1 Å². The molecule has 6 nitrogen and oxygen atoms in total. The molecule has 29 heavy (non-hydrogen) atoms. The Morgan fingerprint density at radius 1 is 1.24 bits per heavy atom. The summed E-state index contributed by atoms with van der Waals surface area (Å²) in [5, 5.41) is 4.03. The van der Waals surface area contributed by atoms with E-state index in [0.29, 0.717) is 23.9 Å². The lowest BCUT2D eigenvalue weighted by Crippen LogP contribution is -2.31. The Balaban J connectivity index is 1.88. The van der Waals surface area contributed by atoms with Crippen LogP contribution in [-0.2, 0) is 16.6 Å². The van der Waals surface area contributed by atoms with Crippen LogP contribution in [0.4, 0.5) is 10.1 Å². The molecule has 2 aromatic heterocycles. The standard InChI is InChI=1S/C21H28BrFN4O2/c1-15(23)9-10-19(28)27(17-12-16(22)13-24-14-17)11-7-5-6-8-18-25-20(29-26-18)21(2,3)4/h12-14H,1,5-11H2,2-4H3. The van der Waals surface area contributed by atoms with Crippen molar-refractivity contribution in [3.63, 3.8) is 0 Å². The van der Waals surface area contributed by atoms with Gasteiger partial charge < -0.3 is 9.42 Å². The summed E-state index contributed by atoms with van der Waals surface area (Å²) >= 11 is 3.38. The van der Waals surface area contributed by atoms with E-state index in [0.717, 1.165) is 30.2 Å². The number of halogens is 2. The number of nitrogens with zero attached hydrogens (tertiary/aromatic N) is 4. The fourth-order valence-corrected chi connectivity index (χ4v) is 3.07. The van der Waals surface area contributed by atoms with E-state index in [9.17, 15) is 9.18 Å². The number of amides is 1. The molecule has 0 aliphatic carbocycles. The zero-order valence-electron chi connectivity index (χ0n) is 17.3. The highest BCUT2D eigenvalue weighted by atomic mass is 79.9. The van der Waals surface area contributed by atoms with Gasteiger partial charge in [-0.3, -0.25) is 9.78 Å². The molecule has 158 valence electrons. The van der Waals surface area contributed by atoms with Gasteiger partial charge in [0.05, 0.1) is 17.7 Å². The van der Waals surface area contributed by atoms with Gasteiger partial charge in [0, 0.05) is 41.9 Å². The molecule has 0 aliphatic rings. The second-order valence-electron chi connectivity index (χ2n) is 8.00. The summed E-state index contributed by atoms with van der Waals surface area (Å²) in [5.41, 5.74) is 0.538. The SMILES string of the molecule is C=C(F)CCC(=O)N(CCCCCc1noc(C(C)(C)C)n1)c1cncc(Br)c1. The van der Waals surface area contributed by atoms with Crippen molar-refractivity contribution in [2.75, 3.05) is 11.4 Å². The Labute approximate surface area is 179 Å². The summed E-state index contributed by atoms with van der Waals surface area (Å²) in [4.78, 5) is 22.8. The number of anilines is 1. The van der Waals surface area contributed by atoms with Crippen LogP contribution in [0.15, 0.2) is 39.9 Å². The van der Waals surface area contributed by atoms with Crippen LogP contribution in [0.2, 0.25) is 0 Å². The minimum atomic E-state index is -0.486. The minimum absolute atomic E-state index is 0.0324. The molecule has 0 fully saturated rings. The van der Waals surface area contributed by atoms with Gasteiger partial charge >= 0.3 is 0 Å². The van der Waals surface area contributed by atoms with Crippen molar-refractivity contribution in [2.24, 2.45) is 0 Å². The van der Waals surface area contributed by atoms with Crippen LogP contribution in [0.25, 0.3) is 0 Å². The van der Waals surface area contributed by atoms with Crippen LogP contribution in [0, 0.1) is 0 Å². The van der Waals surface area contributed by atoms with E-state index in [2.05, 4.69) is 37.6 Å². The van der Waals surface area contributed by atoms with Gasteiger partial charge in [-0.15, -0.1) is 0 Å². The van der Waals surface area contributed by atoms with Crippen molar-refractivity contribution in [3.8, 4) is 0 Å². The van der Waals surface area contributed by atoms with E-state index < -0.39 is 5.83 Å². The van der Waals surface area contributed by atoms with Crippen molar-refractivity contribution < 1.29 is 13.7 Å². The largest absolute Gasteiger partial charge is 0.339 e. The highest BCUT2D eigenvalue weighted by molar-refractivity contribution is 9.10. The number of unbranched alkanes of at least 4 members (excludes halogenated alkanes) is 2. The van der Waals surface area contributed by atoms with Gasteiger partial charge in [-0.1, -0.05) is 38.9 Å². The topological polar surface area (TPSA) is 72.1 Å². The third-order valence-electron chi connectivity index (χ3n) is 4.31. The molecule has 0 unspecified atom stereocenters. The van der Waals surface area contributed by atoms with Gasteiger partial charge in [-0.05, 0) is 34.8 Å². The summed E-state index contributed by atoms with van der Waals surface area (Å²) in [6.45, 7) is 9.86. The molecule has 2 aromatic rings. The number of hydrogen-bond donors (Lipinski definition) is 0. The molecular formula is C21H28BrFN4O2. The second kappa shape index (κ2) is 10.6. The van der Waals surface area contributed by atoms with Gasteiger partial charge in [-0.25, -0.2) is 4.39 Å². The Kier molecular flexibility index (Phi) is 8.49. The van der Waals surface area contributed by atoms with E-state index in [1.54, 1.807) is 17.3 Å². The molecule has 0 saturated carbocycles. The molecule has 8 heteroatoms. The summed E-state index contributed by atoms with van der Waals surface area (Å²) in [6.07, 6.45) is 6.74. The fraction of sp³-hybridized carbons (Fsp3) is 0.524. The number of rotatable bonds is 10. The van der Waals surface area contributed by atoms with E-state index in [-0.39, 0.29) is 24.2 Å². The first kappa shape index (κ1) is 23.2. The average molecular weight is 467 g/mol. The summed E-state index contributed by atoms with van der Waals surface area (Å²) in [5.74, 6) is 0.721. The number of hydrogen-bond acceptors (Lipinski definition) is 5. The number of pyridine rings is 1. The van der Waals surface area contributed by atoms with Crippen LogP contribution in [0.1, 0.15) is 64.6 Å².